The Bertz CT molecular complexity index is 1620. The summed E-state index contributed by atoms with van der Waals surface area (Å²) in [6.07, 6.45) is -1.42. The van der Waals surface area contributed by atoms with Crippen molar-refractivity contribution < 1.29 is 28.8 Å². The Balaban J connectivity index is 1.42. The van der Waals surface area contributed by atoms with E-state index in [4.69, 9.17) is 18.9 Å². The van der Waals surface area contributed by atoms with Gasteiger partial charge in [-0.15, -0.1) is 0 Å². The van der Waals surface area contributed by atoms with E-state index in [0.29, 0.717) is 18.6 Å². The molecule has 0 amide bonds. The number of carbonyl (C=O) groups excluding carboxylic acids is 1. The number of benzene rings is 3. The highest BCUT2D eigenvalue weighted by molar-refractivity contribution is 5.89. The van der Waals surface area contributed by atoms with Crippen LogP contribution in [-0.4, -0.2) is 51.6 Å². The summed E-state index contributed by atoms with van der Waals surface area (Å²) in [7, 11) is 0. The van der Waals surface area contributed by atoms with Crippen molar-refractivity contribution in [3.8, 4) is 0 Å². The number of aryl methyl sites for hydroxylation is 1. The van der Waals surface area contributed by atoms with Crippen molar-refractivity contribution in [1.29, 1.82) is 0 Å². The molecule has 3 aromatic carbocycles. The molecule has 0 saturated carbocycles. The number of carbonyl (C=O) groups is 1. The highest BCUT2D eigenvalue weighted by Crippen LogP contribution is 2.43. The Morgan fingerprint density at radius 1 is 0.932 bits per heavy atom. The fourth-order valence-electron chi connectivity index (χ4n) is 5.34. The van der Waals surface area contributed by atoms with Gasteiger partial charge in [-0.3, -0.25) is 14.3 Å². The second kappa shape index (κ2) is 14.4. The van der Waals surface area contributed by atoms with Crippen LogP contribution in [0.15, 0.2) is 107 Å². The molecule has 1 saturated heterocycles. The summed E-state index contributed by atoms with van der Waals surface area (Å²) in [5.41, 5.74) is -0.0465. The summed E-state index contributed by atoms with van der Waals surface area (Å²) in [4.78, 5) is 39.8. The average molecular weight is 601 g/mol. The quantitative estimate of drug-likeness (QED) is 0.175. The Labute approximate surface area is 254 Å². The zero-order valence-electron chi connectivity index (χ0n) is 24.5. The average Bonchev–Trinajstić information content (AvgIpc) is 3.32. The topological polar surface area (TPSA) is 129 Å². The largest absolute Gasteiger partial charge is 0.462 e. The lowest BCUT2D eigenvalue weighted by molar-refractivity contribution is -0.157. The summed E-state index contributed by atoms with van der Waals surface area (Å²) in [5.74, 6) is -0.455. The van der Waals surface area contributed by atoms with Gasteiger partial charge in [0.05, 0.1) is 32.0 Å². The van der Waals surface area contributed by atoms with Crippen molar-refractivity contribution in [3.63, 3.8) is 0 Å². The number of ether oxygens (including phenoxy) is 4. The van der Waals surface area contributed by atoms with Crippen LogP contribution >= 0.6 is 0 Å². The molecule has 44 heavy (non-hydrogen) atoms. The van der Waals surface area contributed by atoms with Gasteiger partial charge in [-0.05, 0) is 43.0 Å². The lowest BCUT2D eigenvalue weighted by Crippen LogP contribution is -2.52. The monoisotopic (exact) mass is 600 g/mol. The van der Waals surface area contributed by atoms with Crippen LogP contribution in [0.3, 0.4) is 0 Å². The number of aliphatic hydroxyl groups is 1. The molecule has 10 nitrogen and oxygen atoms in total. The molecule has 2 heterocycles. The van der Waals surface area contributed by atoms with Gasteiger partial charge in [0.1, 0.15) is 17.8 Å². The van der Waals surface area contributed by atoms with Crippen LogP contribution in [-0.2, 0) is 32.2 Å². The highest BCUT2D eigenvalue weighted by Gasteiger charge is 2.58. The van der Waals surface area contributed by atoms with Gasteiger partial charge < -0.3 is 24.1 Å². The third-order valence-electron chi connectivity index (χ3n) is 7.73. The summed E-state index contributed by atoms with van der Waals surface area (Å²) in [6.45, 7) is 2.11. The van der Waals surface area contributed by atoms with Crippen LogP contribution in [0, 0.1) is 6.92 Å². The van der Waals surface area contributed by atoms with Crippen molar-refractivity contribution in [2.45, 2.75) is 57.0 Å². The van der Waals surface area contributed by atoms with E-state index in [1.165, 1.54) is 10.8 Å². The fourth-order valence-corrected chi connectivity index (χ4v) is 5.34. The van der Waals surface area contributed by atoms with Gasteiger partial charge in [0, 0.05) is 11.8 Å². The van der Waals surface area contributed by atoms with Gasteiger partial charge in [0.25, 0.3) is 5.56 Å². The number of hydrogen-bond acceptors (Lipinski definition) is 8. The molecule has 0 unspecified atom stereocenters. The van der Waals surface area contributed by atoms with Crippen molar-refractivity contribution >= 4 is 5.97 Å². The Hall–Kier alpha value is -4.35. The second-order valence-electron chi connectivity index (χ2n) is 10.8. The number of aliphatic hydroxyl groups excluding tert-OH is 1. The molecule has 4 aromatic rings. The molecule has 4 atom stereocenters. The number of aromatic nitrogens is 2. The maximum Gasteiger partial charge on any atom is 0.338 e. The maximum atomic E-state index is 12.9. The molecule has 0 aliphatic carbocycles. The molecule has 1 aliphatic heterocycles. The molecule has 1 aromatic heterocycles. The molecule has 0 spiro atoms. The molecular weight excluding hydrogens is 564 g/mol. The van der Waals surface area contributed by atoms with Crippen LogP contribution < -0.4 is 11.2 Å². The second-order valence-corrected chi connectivity index (χ2v) is 10.8. The molecule has 5 rings (SSSR count). The van der Waals surface area contributed by atoms with E-state index in [2.05, 4.69) is 4.98 Å². The first-order valence-corrected chi connectivity index (χ1v) is 14.5. The molecule has 0 bridgehead atoms. The van der Waals surface area contributed by atoms with Gasteiger partial charge in [-0.1, -0.05) is 78.9 Å². The fraction of sp³-hybridized carbons (Fsp3) is 0.324. The Kier molecular flexibility index (Phi) is 10.2. The van der Waals surface area contributed by atoms with E-state index in [1.54, 1.807) is 31.2 Å². The molecule has 10 heteroatoms. The molecular formula is C34H36N2O8. The zero-order valence-corrected chi connectivity index (χ0v) is 24.5. The highest BCUT2D eigenvalue weighted by atomic mass is 16.6. The zero-order chi connectivity index (χ0) is 30.9. The van der Waals surface area contributed by atoms with E-state index < -0.39 is 41.3 Å². The van der Waals surface area contributed by atoms with Gasteiger partial charge >= 0.3 is 11.7 Å². The van der Waals surface area contributed by atoms with Crippen LogP contribution in [0.25, 0.3) is 0 Å². The first kappa shape index (κ1) is 31.1. The molecule has 0 radical (unpaired) electrons. The van der Waals surface area contributed by atoms with E-state index in [-0.39, 0.29) is 31.8 Å². The minimum atomic E-state index is -1.36. The van der Waals surface area contributed by atoms with Crippen molar-refractivity contribution in [2.75, 3.05) is 13.2 Å². The minimum absolute atomic E-state index is 0.0398. The van der Waals surface area contributed by atoms with Gasteiger partial charge in [0.15, 0.2) is 6.23 Å². The SMILES string of the molecule is Cc1cn([C@@H]2O[C@H](COCc3ccccc3)[C@@](CCCOC(=O)c3ccccc3)(OCc3ccccc3)[C@H]2O)c(=O)[nH]c1=O. The van der Waals surface area contributed by atoms with Gasteiger partial charge in [-0.25, -0.2) is 9.59 Å². The number of H-pyrrole nitrogens is 1. The van der Waals surface area contributed by atoms with E-state index >= 15 is 0 Å². The van der Waals surface area contributed by atoms with Crippen LogP contribution in [0.1, 0.15) is 46.1 Å². The normalized spacial score (nSPS) is 21.3. The third-order valence-corrected chi connectivity index (χ3v) is 7.73. The summed E-state index contributed by atoms with van der Waals surface area (Å²) in [6, 6.07) is 27.8. The molecule has 230 valence electrons. The number of rotatable bonds is 13. The smallest absolute Gasteiger partial charge is 0.338 e. The first-order chi connectivity index (χ1) is 21.4. The number of nitrogens with one attached hydrogen (secondary N) is 1. The molecule has 1 fully saturated rings. The number of esters is 1. The predicted molar refractivity (Wildman–Crippen MR) is 162 cm³/mol. The Morgan fingerprint density at radius 2 is 1.55 bits per heavy atom. The summed E-state index contributed by atoms with van der Waals surface area (Å²) >= 11 is 0. The van der Waals surface area contributed by atoms with Crippen LogP contribution in [0.5, 0.6) is 0 Å². The van der Waals surface area contributed by atoms with Crippen LogP contribution in [0.2, 0.25) is 0 Å². The van der Waals surface area contributed by atoms with Crippen molar-refractivity contribution in [1.82, 2.24) is 9.55 Å². The Morgan fingerprint density at radius 3 is 2.20 bits per heavy atom. The number of nitrogens with zero attached hydrogens (tertiary/aromatic N) is 1. The number of hydrogen-bond donors (Lipinski definition) is 2. The van der Waals surface area contributed by atoms with E-state index in [9.17, 15) is 19.5 Å². The van der Waals surface area contributed by atoms with Crippen LogP contribution in [0.4, 0.5) is 0 Å². The third kappa shape index (κ3) is 7.23. The minimum Gasteiger partial charge on any atom is -0.462 e. The van der Waals surface area contributed by atoms with E-state index in [1.807, 2.05) is 66.7 Å². The molecule has 2 N–H and O–H groups in total. The van der Waals surface area contributed by atoms with Gasteiger partial charge in [0.2, 0.25) is 0 Å². The first-order valence-electron chi connectivity index (χ1n) is 14.5. The predicted octanol–water partition coefficient (Wildman–Crippen LogP) is 3.91. The van der Waals surface area contributed by atoms with Crippen molar-refractivity contribution in [3.05, 3.63) is 140 Å². The number of aromatic amines is 1. The standard InChI is InChI=1S/C34H36N2O8/c1-24-20-36(33(40)35-30(24)38)31-29(37)34(43-22-26-14-7-3-8-15-26,18-11-19-42-32(39)27-16-9-4-10-17-27)28(44-31)23-41-21-25-12-5-2-6-13-25/h2-10,12-17,20,28-29,31,37H,11,18-19,21-23H2,1H3,(H,35,38,40)/t28-,29+,31-,34-/m1/s1. The van der Waals surface area contributed by atoms with E-state index in [0.717, 1.165) is 11.1 Å². The molecule has 1 aliphatic rings. The summed E-state index contributed by atoms with van der Waals surface area (Å²) < 4.78 is 25.7. The lowest BCUT2D eigenvalue weighted by atomic mass is 9.86. The van der Waals surface area contributed by atoms with Crippen molar-refractivity contribution in [2.24, 2.45) is 0 Å². The maximum absolute atomic E-state index is 12.9. The lowest BCUT2D eigenvalue weighted by Gasteiger charge is -2.36. The van der Waals surface area contributed by atoms with Gasteiger partial charge in [-0.2, -0.15) is 0 Å². The summed E-state index contributed by atoms with van der Waals surface area (Å²) in [5, 5.41) is 11.9.